The van der Waals surface area contributed by atoms with Crippen molar-refractivity contribution in [1.82, 2.24) is 4.98 Å². The van der Waals surface area contributed by atoms with Crippen LogP contribution in [0.5, 0.6) is 0 Å². The predicted octanol–water partition coefficient (Wildman–Crippen LogP) is 5.85. The number of hydrogen-bond acceptors (Lipinski definition) is 2. The number of aromatic nitrogens is 1. The van der Waals surface area contributed by atoms with Crippen LogP contribution in [0.2, 0.25) is 0 Å². The standard InChI is InChI=1S/C18H15NS2/c1-9-3-11-5-15-13(7-17(11)20-9)14-8-18-12(4-10(2)21-18)6-16(14)19-15/h3-5,7-8,12,19H,6H2,1-2H3. The second kappa shape index (κ2) is 4.05. The Balaban J connectivity index is 1.77. The number of H-pyrrole nitrogens is 1. The maximum Gasteiger partial charge on any atom is 0.0469 e. The molecule has 1 aliphatic heterocycles. The summed E-state index contributed by atoms with van der Waals surface area (Å²) in [7, 11) is 0. The molecule has 3 aromatic rings. The first kappa shape index (κ1) is 12.1. The van der Waals surface area contributed by atoms with E-state index in [2.05, 4.69) is 49.2 Å². The van der Waals surface area contributed by atoms with Gasteiger partial charge in [0.25, 0.3) is 0 Å². The molecule has 3 heteroatoms. The van der Waals surface area contributed by atoms with Crippen LogP contribution in [0.25, 0.3) is 27.1 Å². The van der Waals surface area contributed by atoms with E-state index < -0.39 is 0 Å². The van der Waals surface area contributed by atoms with Crippen molar-refractivity contribution >= 4 is 50.2 Å². The molecule has 1 aliphatic carbocycles. The number of aromatic amines is 1. The summed E-state index contributed by atoms with van der Waals surface area (Å²) >= 11 is 3.83. The van der Waals surface area contributed by atoms with E-state index in [1.54, 1.807) is 0 Å². The van der Waals surface area contributed by atoms with E-state index >= 15 is 0 Å². The number of rotatable bonds is 0. The van der Waals surface area contributed by atoms with Gasteiger partial charge in [-0.2, -0.15) is 0 Å². The van der Waals surface area contributed by atoms with Gasteiger partial charge >= 0.3 is 0 Å². The second-order valence-electron chi connectivity index (χ2n) is 6.05. The molecule has 0 fully saturated rings. The average Bonchev–Trinajstić information content (AvgIpc) is 3.05. The Hall–Kier alpha value is -1.45. The van der Waals surface area contributed by atoms with Gasteiger partial charge in [-0.1, -0.05) is 17.8 Å². The zero-order valence-electron chi connectivity index (χ0n) is 12.0. The first-order valence-corrected chi connectivity index (χ1v) is 8.93. The van der Waals surface area contributed by atoms with E-state index in [1.807, 2.05) is 23.1 Å². The van der Waals surface area contributed by atoms with E-state index in [1.165, 1.54) is 46.9 Å². The first-order chi connectivity index (χ1) is 10.2. The van der Waals surface area contributed by atoms with Gasteiger partial charge in [0.1, 0.15) is 0 Å². The monoisotopic (exact) mass is 309 g/mol. The second-order valence-corrected chi connectivity index (χ2v) is 8.65. The Kier molecular flexibility index (Phi) is 2.34. The zero-order valence-corrected chi connectivity index (χ0v) is 13.6. The molecular formula is C18H15NS2. The third-order valence-electron chi connectivity index (χ3n) is 4.47. The molecular weight excluding hydrogens is 294 g/mol. The minimum Gasteiger partial charge on any atom is -0.358 e. The number of thioether (sulfide) groups is 1. The van der Waals surface area contributed by atoms with Crippen molar-refractivity contribution in [2.75, 3.05) is 0 Å². The number of thiophene rings is 1. The summed E-state index contributed by atoms with van der Waals surface area (Å²) in [5.74, 6) is 0.596. The SMILES string of the molecule is CC1=CC2Cc3[nH]c4cc5cc(C)sc5cc4c3C=C2S1. The molecule has 0 saturated heterocycles. The molecule has 1 aromatic carbocycles. The van der Waals surface area contributed by atoms with Crippen molar-refractivity contribution < 1.29 is 0 Å². The van der Waals surface area contributed by atoms with Crippen molar-refractivity contribution in [2.24, 2.45) is 5.92 Å². The van der Waals surface area contributed by atoms with Crippen LogP contribution in [0, 0.1) is 12.8 Å². The molecule has 3 heterocycles. The molecule has 104 valence electrons. The fraction of sp³-hybridized carbons (Fsp3) is 0.222. The Labute approximate surface area is 131 Å². The zero-order chi connectivity index (χ0) is 14.1. The van der Waals surface area contributed by atoms with E-state index in [4.69, 9.17) is 0 Å². The maximum absolute atomic E-state index is 3.67. The van der Waals surface area contributed by atoms with Crippen LogP contribution in [0.1, 0.15) is 23.1 Å². The number of aryl methyl sites for hydroxylation is 1. The molecule has 2 aliphatic rings. The van der Waals surface area contributed by atoms with Gasteiger partial charge in [0, 0.05) is 37.7 Å². The predicted molar refractivity (Wildman–Crippen MR) is 94.9 cm³/mol. The van der Waals surface area contributed by atoms with Crippen molar-refractivity contribution in [3.63, 3.8) is 0 Å². The van der Waals surface area contributed by atoms with Crippen LogP contribution >= 0.6 is 23.1 Å². The molecule has 0 amide bonds. The van der Waals surface area contributed by atoms with Gasteiger partial charge in [0.15, 0.2) is 0 Å². The third-order valence-corrected chi connectivity index (χ3v) is 6.60. The van der Waals surface area contributed by atoms with Crippen molar-refractivity contribution in [3.8, 4) is 0 Å². The number of fused-ring (bicyclic) bond motifs is 5. The van der Waals surface area contributed by atoms with Crippen LogP contribution in [0.3, 0.4) is 0 Å². The van der Waals surface area contributed by atoms with Gasteiger partial charge in [-0.25, -0.2) is 0 Å². The van der Waals surface area contributed by atoms with Gasteiger partial charge in [0.2, 0.25) is 0 Å². The highest BCUT2D eigenvalue weighted by molar-refractivity contribution is 8.07. The molecule has 1 unspecified atom stereocenters. The summed E-state index contributed by atoms with van der Waals surface area (Å²) < 4.78 is 1.40. The summed E-state index contributed by atoms with van der Waals surface area (Å²) in [6.45, 7) is 4.40. The number of allylic oxidation sites excluding steroid dienone is 3. The number of hydrogen-bond donors (Lipinski definition) is 1. The van der Waals surface area contributed by atoms with Gasteiger partial charge in [0.05, 0.1) is 0 Å². The molecule has 5 rings (SSSR count). The molecule has 0 bridgehead atoms. The minimum absolute atomic E-state index is 0.596. The molecule has 0 radical (unpaired) electrons. The van der Waals surface area contributed by atoms with E-state index in [9.17, 15) is 0 Å². The van der Waals surface area contributed by atoms with Gasteiger partial charge in [-0.3, -0.25) is 0 Å². The molecule has 1 N–H and O–H groups in total. The Bertz CT molecular complexity index is 968. The average molecular weight is 309 g/mol. The highest BCUT2D eigenvalue weighted by Gasteiger charge is 2.27. The Morgan fingerprint density at radius 3 is 3.00 bits per heavy atom. The summed E-state index contributed by atoms with van der Waals surface area (Å²) in [5.41, 5.74) is 4.10. The van der Waals surface area contributed by atoms with E-state index in [0.717, 1.165) is 6.42 Å². The van der Waals surface area contributed by atoms with E-state index in [0.29, 0.717) is 5.92 Å². The van der Waals surface area contributed by atoms with Gasteiger partial charge < -0.3 is 4.98 Å². The summed E-state index contributed by atoms with van der Waals surface area (Å²) in [4.78, 5) is 8.01. The highest BCUT2D eigenvalue weighted by atomic mass is 32.2. The first-order valence-electron chi connectivity index (χ1n) is 7.30. The lowest BCUT2D eigenvalue weighted by molar-refractivity contribution is 0.773. The highest BCUT2D eigenvalue weighted by Crippen LogP contribution is 2.47. The number of nitrogens with one attached hydrogen (secondary N) is 1. The summed E-state index contributed by atoms with van der Waals surface area (Å²) in [6, 6.07) is 6.97. The lowest BCUT2D eigenvalue weighted by Crippen LogP contribution is -2.05. The number of benzene rings is 1. The quantitative estimate of drug-likeness (QED) is 0.550. The van der Waals surface area contributed by atoms with Crippen molar-refractivity contribution in [3.05, 3.63) is 50.2 Å². The fourth-order valence-corrected chi connectivity index (χ4v) is 5.61. The third kappa shape index (κ3) is 1.71. The molecule has 1 atom stereocenters. The topological polar surface area (TPSA) is 15.8 Å². The van der Waals surface area contributed by atoms with Crippen LogP contribution in [0.15, 0.2) is 34.1 Å². The van der Waals surface area contributed by atoms with Crippen molar-refractivity contribution in [1.29, 1.82) is 0 Å². The maximum atomic E-state index is 3.67. The molecule has 1 nitrogen and oxygen atoms in total. The lowest BCUT2D eigenvalue weighted by atomic mass is 9.93. The normalized spacial score (nSPS) is 20.6. The lowest BCUT2D eigenvalue weighted by Gasteiger charge is -2.16. The minimum atomic E-state index is 0.596. The molecule has 0 saturated carbocycles. The fourth-order valence-electron chi connectivity index (χ4n) is 3.58. The Morgan fingerprint density at radius 2 is 2.10 bits per heavy atom. The Morgan fingerprint density at radius 1 is 1.19 bits per heavy atom. The van der Waals surface area contributed by atoms with Gasteiger partial charge in [-0.05, 0) is 59.7 Å². The molecule has 0 spiro atoms. The largest absolute Gasteiger partial charge is 0.358 e. The van der Waals surface area contributed by atoms with E-state index in [-0.39, 0.29) is 0 Å². The van der Waals surface area contributed by atoms with Crippen LogP contribution in [0.4, 0.5) is 0 Å². The van der Waals surface area contributed by atoms with Crippen LogP contribution < -0.4 is 0 Å². The van der Waals surface area contributed by atoms with Gasteiger partial charge in [-0.15, -0.1) is 11.3 Å². The summed E-state index contributed by atoms with van der Waals surface area (Å²) in [6.07, 6.45) is 5.94. The molecule has 21 heavy (non-hydrogen) atoms. The summed E-state index contributed by atoms with van der Waals surface area (Å²) in [5, 5.41) is 2.75. The molecule has 2 aromatic heterocycles. The van der Waals surface area contributed by atoms with Crippen LogP contribution in [-0.2, 0) is 6.42 Å². The smallest absolute Gasteiger partial charge is 0.0469 e. The van der Waals surface area contributed by atoms with Crippen molar-refractivity contribution in [2.45, 2.75) is 20.3 Å². The van der Waals surface area contributed by atoms with Crippen LogP contribution in [-0.4, -0.2) is 4.98 Å².